The van der Waals surface area contributed by atoms with Gasteiger partial charge in [-0.2, -0.15) is 0 Å². The zero-order valence-electron chi connectivity index (χ0n) is 46.5. The fourth-order valence-electron chi connectivity index (χ4n) is 12.4. The van der Waals surface area contributed by atoms with E-state index in [4.69, 9.17) is 4.42 Å². The summed E-state index contributed by atoms with van der Waals surface area (Å²) in [5.74, 6) is 0. The first-order valence-electron chi connectivity index (χ1n) is 28.8. The molecule has 0 saturated carbocycles. The largest absolute Gasteiger partial charge is 0.454 e. The van der Waals surface area contributed by atoms with Gasteiger partial charge in [0.05, 0.1) is 5.69 Å². The van der Waals surface area contributed by atoms with Gasteiger partial charge in [0.2, 0.25) is 0 Å². The van der Waals surface area contributed by atoms with E-state index in [-0.39, 0.29) is 0 Å². The Balaban J connectivity index is 0.964. The molecule has 2 heterocycles. The lowest BCUT2D eigenvalue weighted by Crippen LogP contribution is -2.41. The lowest BCUT2D eigenvalue weighted by molar-refractivity contribution is 0.669. The average molecular weight is 1070 g/mol. The number of hydrogen-bond donors (Lipinski definition) is 1. The van der Waals surface area contributed by atoms with Crippen molar-refractivity contribution < 1.29 is 4.42 Å². The first-order chi connectivity index (χ1) is 41.5. The summed E-state index contributed by atoms with van der Waals surface area (Å²) in [5.41, 5.74) is 27.6. The Morgan fingerprint density at radius 3 is 1.40 bits per heavy atom. The number of aryl methyl sites for hydroxylation is 1. The molecule has 1 aliphatic heterocycles. The summed E-state index contributed by atoms with van der Waals surface area (Å²) in [6, 6.07) is 112. The minimum atomic E-state index is 0.630. The van der Waals surface area contributed by atoms with Crippen molar-refractivity contribution in [2.45, 2.75) is 6.92 Å². The summed E-state index contributed by atoms with van der Waals surface area (Å²) >= 11 is 0. The minimum Gasteiger partial charge on any atom is -0.454 e. The molecular formula is C79H56BN3O. The van der Waals surface area contributed by atoms with E-state index >= 15 is 0 Å². The van der Waals surface area contributed by atoms with Gasteiger partial charge in [-0.15, -0.1) is 0 Å². The molecule has 0 aliphatic carbocycles. The van der Waals surface area contributed by atoms with E-state index in [1.54, 1.807) is 0 Å². The highest BCUT2D eigenvalue weighted by molar-refractivity contribution is 6.74. The van der Waals surface area contributed by atoms with Gasteiger partial charge >= 0.3 is 0 Å². The first kappa shape index (κ1) is 50.1. The van der Waals surface area contributed by atoms with Crippen LogP contribution in [0.5, 0.6) is 0 Å². The Morgan fingerprint density at radius 1 is 0.357 bits per heavy atom. The molecule has 0 fully saturated rings. The van der Waals surface area contributed by atoms with E-state index in [1.165, 1.54) is 49.9 Å². The van der Waals surface area contributed by atoms with Gasteiger partial charge in [-0.1, -0.05) is 224 Å². The van der Waals surface area contributed by atoms with Crippen LogP contribution in [-0.4, -0.2) is 7.28 Å². The molecule has 1 N–H and O–H groups in total. The molecule has 0 saturated heterocycles. The van der Waals surface area contributed by atoms with Crippen LogP contribution in [0.4, 0.5) is 45.5 Å². The zero-order chi connectivity index (χ0) is 55.9. The smallest absolute Gasteiger partial charge is 0.198 e. The van der Waals surface area contributed by atoms with Crippen molar-refractivity contribution in [2.75, 3.05) is 15.1 Å². The van der Waals surface area contributed by atoms with Crippen LogP contribution in [-0.2, 0) is 0 Å². The number of furan rings is 1. The maximum absolute atomic E-state index is 7.21. The van der Waals surface area contributed by atoms with Gasteiger partial charge in [-0.05, 0) is 170 Å². The van der Waals surface area contributed by atoms with Crippen molar-refractivity contribution in [1.29, 1.82) is 0 Å². The molecule has 0 atom stereocenters. The SMILES string of the molecule is Cc1cc(-c2ccccc2)ccc1N1c2ccc(N(c3ccc(-c4ccccc4)cc3)c3ccc(-c4ccccc4)cc3)cc2Bc2c(-c3cc(-c4ccccc4)ccc3Nc3cccc(-c4ccccc4)c3)cc3c(oc4ccccc43)c21. The van der Waals surface area contributed by atoms with E-state index in [1.807, 2.05) is 0 Å². The fraction of sp³-hybridized carbons (Fsp3) is 0.0127. The summed E-state index contributed by atoms with van der Waals surface area (Å²) in [7, 11) is 0.630. The van der Waals surface area contributed by atoms with Crippen LogP contribution >= 0.6 is 0 Å². The Labute approximate surface area is 491 Å². The Kier molecular flexibility index (Phi) is 12.9. The molecule has 13 aromatic carbocycles. The maximum Gasteiger partial charge on any atom is 0.198 e. The average Bonchev–Trinajstić information content (AvgIpc) is 1.86. The van der Waals surface area contributed by atoms with E-state index in [2.05, 4.69) is 331 Å². The molecule has 0 radical (unpaired) electrons. The Bertz CT molecular complexity index is 4620. The molecule has 0 unspecified atom stereocenters. The zero-order valence-corrected chi connectivity index (χ0v) is 46.5. The van der Waals surface area contributed by atoms with E-state index in [9.17, 15) is 0 Å². The molecule has 1 aliphatic rings. The maximum atomic E-state index is 7.21. The molecule has 0 amide bonds. The molecule has 0 bridgehead atoms. The molecule has 15 rings (SSSR count). The van der Waals surface area contributed by atoms with Gasteiger partial charge in [0, 0.05) is 56.1 Å². The molecule has 0 spiro atoms. The highest BCUT2D eigenvalue weighted by Gasteiger charge is 2.34. The predicted molar refractivity (Wildman–Crippen MR) is 357 cm³/mol. The number of anilines is 8. The number of benzene rings is 13. The summed E-state index contributed by atoms with van der Waals surface area (Å²) in [4.78, 5) is 4.91. The van der Waals surface area contributed by atoms with Gasteiger partial charge in [0.1, 0.15) is 5.58 Å². The highest BCUT2D eigenvalue weighted by Crippen LogP contribution is 2.48. The van der Waals surface area contributed by atoms with Crippen LogP contribution < -0.4 is 26.0 Å². The second-order valence-corrected chi connectivity index (χ2v) is 21.8. The Morgan fingerprint density at radius 2 is 0.821 bits per heavy atom. The van der Waals surface area contributed by atoms with Crippen LogP contribution in [0, 0.1) is 6.92 Å². The number of fused-ring (bicyclic) bond motifs is 6. The molecule has 4 nitrogen and oxygen atoms in total. The third-order valence-electron chi connectivity index (χ3n) is 16.6. The van der Waals surface area contributed by atoms with Crippen molar-refractivity contribution in [3.63, 3.8) is 0 Å². The highest BCUT2D eigenvalue weighted by atomic mass is 16.3. The van der Waals surface area contributed by atoms with E-state index in [0.717, 1.165) is 101 Å². The monoisotopic (exact) mass is 1070 g/mol. The van der Waals surface area contributed by atoms with Crippen LogP contribution in [0.25, 0.3) is 88.7 Å². The summed E-state index contributed by atoms with van der Waals surface area (Å²) in [5, 5.41) is 6.12. The van der Waals surface area contributed by atoms with Gasteiger partial charge in [0.25, 0.3) is 0 Å². The van der Waals surface area contributed by atoms with Crippen molar-refractivity contribution in [1.82, 2.24) is 0 Å². The number of nitrogens with zero attached hydrogens (tertiary/aromatic N) is 2. The molecule has 1 aromatic heterocycles. The second-order valence-electron chi connectivity index (χ2n) is 21.8. The number of rotatable bonds is 12. The lowest BCUT2D eigenvalue weighted by atomic mass is 9.57. The number of nitrogens with one attached hydrogen (secondary N) is 1. The summed E-state index contributed by atoms with van der Waals surface area (Å²) in [6.07, 6.45) is 0. The lowest BCUT2D eigenvalue weighted by Gasteiger charge is -2.37. The van der Waals surface area contributed by atoms with E-state index in [0.29, 0.717) is 7.28 Å². The summed E-state index contributed by atoms with van der Waals surface area (Å²) in [6.45, 7) is 2.25. The molecular weight excluding hydrogens is 1020 g/mol. The van der Waals surface area contributed by atoms with Crippen LogP contribution in [0.15, 0.2) is 314 Å². The number of para-hydroxylation sites is 1. The molecule has 14 aromatic rings. The van der Waals surface area contributed by atoms with Crippen molar-refractivity contribution in [3.8, 4) is 66.8 Å². The van der Waals surface area contributed by atoms with E-state index < -0.39 is 0 Å². The number of hydrogen-bond acceptors (Lipinski definition) is 4. The third kappa shape index (κ3) is 9.38. The van der Waals surface area contributed by atoms with Gasteiger partial charge in [-0.25, -0.2) is 0 Å². The molecule has 84 heavy (non-hydrogen) atoms. The first-order valence-corrected chi connectivity index (χ1v) is 28.8. The molecule has 396 valence electrons. The normalized spacial score (nSPS) is 11.7. The quantitative estimate of drug-likeness (QED) is 0.124. The van der Waals surface area contributed by atoms with Crippen LogP contribution in [0.1, 0.15) is 5.56 Å². The predicted octanol–water partition coefficient (Wildman–Crippen LogP) is 20.3. The van der Waals surface area contributed by atoms with Crippen LogP contribution in [0.3, 0.4) is 0 Å². The minimum absolute atomic E-state index is 0.630. The summed E-state index contributed by atoms with van der Waals surface area (Å²) < 4.78 is 7.21. The third-order valence-corrected chi connectivity index (χ3v) is 16.6. The standard InChI is InChI=1S/C79H56BN3O/c1-53-48-62(57-26-13-5-14-27-57)39-46-74(53)83-75-47-44-67(82(65-40-34-59(35-41-65)54-20-7-2-8-21-54)66-42-36-60(37-43-66)55-22-9-3-10-23-55)51-72(75)80-77-70(52-71-68-32-17-18-33-76(68)84-79(71)78(77)83)69-50-63(58-28-15-6-16-29-58)38-45-73(69)81-64-31-19-30-61(49-64)56-24-11-4-12-25-56/h2-52,80-81H,1H3. The molecule has 5 heteroatoms. The van der Waals surface area contributed by atoms with Crippen molar-refractivity contribution in [2.24, 2.45) is 0 Å². The van der Waals surface area contributed by atoms with Gasteiger partial charge < -0.3 is 19.5 Å². The van der Waals surface area contributed by atoms with Crippen molar-refractivity contribution >= 4 is 85.6 Å². The van der Waals surface area contributed by atoms with Gasteiger partial charge in [0.15, 0.2) is 12.9 Å². The Hall–Kier alpha value is -10.9. The van der Waals surface area contributed by atoms with Crippen molar-refractivity contribution in [3.05, 3.63) is 315 Å². The van der Waals surface area contributed by atoms with Crippen LogP contribution in [0.2, 0.25) is 0 Å². The topological polar surface area (TPSA) is 31.6 Å². The second kappa shape index (κ2) is 21.5. The van der Waals surface area contributed by atoms with Gasteiger partial charge in [-0.3, -0.25) is 0 Å². The fourth-order valence-corrected chi connectivity index (χ4v) is 12.4.